The SMILES string of the molecule is CC1CN(C(=O)CSc2nnc(C3COc4ccccc4O3)o2)CCO1. The normalized spacial score (nSPS) is 22.3. The van der Waals surface area contributed by atoms with Gasteiger partial charge in [0.15, 0.2) is 11.5 Å². The molecular formula is C17H19N3O5S. The first kappa shape index (κ1) is 17.2. The Morgan fingerprint density at radius 2 is 2.15 bits per heavy atom. The van der Waals surface area contributed by atoms with E-state index in [0.29, 0.717) is 48.9 Å². The minimum atomic E-state index is -0.456. The topological polar surface area (TPSA) is 86.9 Å². The van der Waals surface area contributed by atoms with Gasteiger partial charge in [-0.3, -0.25) is 4.79 Å². The van der Waals surface area contributed by atoms with Gasteiger partial charge >= 0.3 is 0 Å². The number of aromatic nitrogens is 2. The third-order valence-corrected chi connectivity index (χ3v) is 4.92. The second-order valence-electron chi connectivity index (χ2n) is 6.08. The Bertz CT molecular complexity index is 783. The molecule has 2 aromatic rings. The second kappa shape index (κ2) is 7.55. The number of fused-ring (bicyclic) bond motifs is 1. The monoisotopic (exact) mass is 377 g/mol. The van der Waals surface area contributed by atoms with E-state index in [1.54, 1.807) is 4.90 Å². The van der Waals surface area contributed by atoms with Crippen LogP contribution in [0.2, 0.25) is 0 Å². The van der Waals surface area contributed by atoms with Crippen LogP contribution in [0.4, 0.5) is 0 Å². The van der Waals surface area contributed by atoms with Gasteiger partial charge in [0.05, 0.1) is 18.5 Å². The average molecular weight is 377 g/mol. The van der Waals surface area contributed by atoms with Crippen molar-refractivity contribution in [2.24, 2.45) is 0 Å². The van der Waals surface area contributed by atoms with Crippen molar-refractivity contribution < 1.29 is 23.4 Å². The number of carbonyl (C=O) groups excluding carboxylic acids is 1. The van der Waals surface area contributed by atoms with Gasteiger partial charge < -0.3 is 23.5 Å². The maximum atomic E-state index is 12.3. The molecule has 1 amide bonds. The summed E-state index contributed by atoms with van der Waals surface area (Å²) in [5, 5.41) is 8.37. The zero-order chi connectivity index (χ0) is 17.9. The van der Waals surface area contributed by atoms with Gasteiger partial charge in [-0.05, 0) is 19.1 Å². The molecule has 0 bridgehead atoms. The summed E-state index contributed by atoms with van der Waals surface area (Å²) in [6.07, 6.45) is -0.387. The lowest BCUT2D eigenvalue weighted by molar-refractivity contribution is -0.135. The van der Waals surface area contributed by atoms with Gasteiger partial charge in [-0.2, -0.15) is 0 Å². The second-order valence-corrected chi connectivity index (χ2v) is 7.01. The molecule has 4 rings (SSSR count). The van der Waals surface area contributed by atoms with Crippen LogP contribution >= 0.6 is 11.8 Å². The number of para-hydroxylation sites is 2. The van der Waals surface area contributed by atoms with Gasteiger partial charge in [0.2, 0.25) is 12.0 Å². The summed E-state index contributed by atoms with van der Waals surface area (Å²) < 4.78 is 22.6. The van der Waals surface area contributed by atoms with Crippen molar-refractivity contribution in [3.05, 3.63) is 30.2 Å². The number of hydrogen-bond acceptors (Lipinski definition) is 8. The molecule has 138 valence electrons. The van der Waals surface area contributed by atoms with Crippen LogP contribution in [0.5, 0.6) is 11.5 Å². The van der Waals surface area contributed by atoms with Crippen LogP contribution < -0.4 is 9.47 Å². The molecule has 1 saturated heterocycles. The van der Waals surface area contributed by atoms with Crippen molar-refractivity contribution in [1.82, 2.24) is 15.1 Å². The van der Waals surface area contributed by atoms with Crippen LogP contribution in [0.25, 0.3) is 0 Å². The molecule has 2 aliphatic heterocycles. The number of amides is 1. The van der Waals surface area contributed by atoms with Crippen LogP contribution in [-0.2, 0) is 9.53 Å². The maximum absolute atomic E-state index is 12.3. The van der Waals surface area contributed by atoms with E-state index >= 15 is 0 Å². The third kappa shape index (κ3) is 3.78. The Morgan fingerprint density at radius 1 is 1.31 bits per heavy atom. The lowest BCUT2D eigenvalue weighted by Crippen LogP contribution is -2.45. The van der Waals surface area contributed by atoms with Crippen molar-refractivity contribution in [2.75, 3.05) is 32.1 Å². The van der Waals surface area contributed by atoms with E-state index in [1.807, 2.05) is 31.2 Å². The molecule has 1 fully saturated rings. The van der Waals surface area contributed by atoms with Gasteiger partial charge in [-0.15, -0.1) is 10.2 Å². The fraction of sp³-hybridized carbons (Fsp3) is 0.471. The number of hydrogen-bond donors (Lipinski definition) is 0. The molecule has 0 spiro atoms. The molecule has 0 N–H and O–H groups in total. The summed E-state index contributed by atoms with van der Waals surface area (Å²) in [5.74, 6) is 1.97. The van der Waals surface area contributed by atoms with Crippen LogP contribution in [0.15, 0.2) is 33.9 Å². The zero-order valence-corrected chi connectivity index (χ0v) is 15.1. The zero-order valence-electron chi connectivity index (χ0n) is 14.3. The molecule has 0 radical (unpaired) electrons. The molecule has 2 aliphatic rings. The number of carbonyl (C=O) groups is 1. The smallest absolute Gasteiger partial charge is 0.277 e. The van der Waals surface area contributed by atoms with Crippen molar-refractivity contribution >= 4 is 17.7 Å². The minimum absolute atomic E-state index is 0.0380. The quantitative estimate of drug-likeness (QED) is 0.747. The van der Waals surface area contributed by atoms with Gasteiger partial charge in [-0.25, -0.2) is 0 Å². The van der Waals surface area contributed by atoms with Gasteiger partial charge in [0.25, 0.3) is 11.1 Å². The first-order valence-corrected chi connectivity index (χ1v) is 9.41. The van der Waals surface area contributed by atoms with E-state index in [0.717, 1.165) is 0 Å². The highest BCUT2D eigenvalue weighted by Crippen LogP contribution is 2.35. The molecule has 1 aromatic heterocycles. The van der Waals surface area contributed by atoms with Crippen LogP contribution in [-0.4, -0.2) is 59.2 Å². The van der Waals surface area contributed by atoms with Crippen LogP contribution in [0.1, 0.15) is 18.9 Å². The highest BCUT2D eigenvalue weighted by atomic mass is 32.2. The predicted octanol–water partition coefficient (Wildman–Crippen LogP) is 1.92. The summed E-state index contributed by atoms with van der Waals surface area (Å²) in [5.41, 5.74) is 0. The molecule has 1 aromatic carbocycles. The summed E-state index contributed by atoms with van der Waals surface area (Å²) >= 11 is 1.23. The Balaban J connectivity index is 1.33. The number of morpholine rings is 1. The predicted molar refractivity (Wildman–Crippen MR) is 92.3 cm³/mol. The van der Waals surface area contributed by atoms with Gasteiger partial charge in [0.1, 0.15) is 6.61 Å². The minimum Gasteiger partial charge on any atom is -0.485 e. The van der Waals surface area contributed by atoms with E-state index in [1.165, 1.54) is 11.8 Å². The van der Waals surface area contributed by atoms with E-state index in [4.69, 9.17) is 18.6 Å². The third-order valence-electron chi connectivity index (χ3n) is 4.12. The molecule has 26 heavy (non-hydrogen) atoms. The van der Waals surface area contributed by atoms with Crippen molar-refractivity contribution in [2.45, 2.75) is 24.4 Å². The van der Waals surface area contributed by atoms with E-state index < -0.39 is 6.10 Å². The van der Waals surface area contributed by atoms with E-state index in [2.05, 4.69) is 10.2 Å². The number of thioether (sulfide) groups is 1. The van der Waals surface area contributed by atoms with Crippen LogP contribution in [0, 0.1) is 0 Å². The molecule has 8 nitrogen and oxygen atoms in total. The Kier molecular flexibility index (Phi) is 4.98. The van der Waals surface area contributed by atoms with E-state index in [9.17, 15) is 4.79 Å². The Hall–Kier alpha value is -2.26. The summed E-state index contributed by atoms with van der Waals surface area (Å²) in [6, 6.07) is 7.43. The Labute approximate surface area is 154 Å². The molecule has 2 atom stereocenters. The maximum Gasteiger partial charge on any atom is 0.277 e. The number of ether oxygens (including phenoxy) is 3. The lowest BCUT2D eigenvalue weighted by Gasteiger charge is -2.30. The molecule has 3 heterocycles. The first-order chi connectivity index (χ1) is 12.7. The van der Waals surface area contributed by atoms with Crippen molar-refractivity contribution in [3.63, 3.8) is 0 Å². The first-order valence-electron chi connectivity index (χ1n) is 8.43. The van der Waals surface area contributed by atoms with Gasteiger partial charge in [-0.1, -0.05) is 23.9 Å². The molecule has 2 unspecified atom stereocenters. The fourth-order valence-electron chi connectivity index (χ4n) is 2.81. The summed E-state index contributed by atoms with van der Waals surface area (Å²) in [6.45, 7) is 4.06. The number of nitrogens with zero attached hydrogens (tertiary/aromatic N) is 3. The standard InChI is InChI=1S/C17H19N3O5S/c1-11-8-20(6-7-22-11)15(21)10-26-17-19-18-16(25-17)14-9-23-12-4-2-3-5-13(12)24-14/h2-5,11,14H,6-10H2,1H3. The van der Waals surface area contributed by atoms with Crippen molar-refractivity contribution in [3.8, 4) is 11.5 Å². The van der Waals surface area contributed by atoms with Gasteiger partial charge in [0, 0.05) is 13.1 Å². The molecular weight excluding hydrogens is 358 g/mol. The number of rotatable bonds is 4. The lowest BCUT2D eigenvalue weighted by atomic mass is 10.2. The molecule has 0 aliphatic carbocycles. The summed E-state index contributed by atoms with van der Waals surface area (Å²) in [4.78, 5) is 14.1. The summed E-state index contributed by atoms with van der Waals surface area (Å²) in [7, 11) is 0. The number of benzene rings is 1. The van der Waals surface area contributed by atoms with Crippen LogP contribution in [0.3, 0.4) is 0 Å². The van der Waals surface area contributed by atoms with E-state index in [-0.39, 0.29) is 17.8 Å². The van der Waals surface area contributed by atoms with Crippen molar-refractivity contribution in [1.29, 1.82) is 0 Å². The fourth-order valence-corrected chi connectivity index (χ4v) is 3.48. The molecule has 0 saturated carbocycles. The molecule has 9 heteroatoms. The highest BCUT2D eigenvalue weighted by Gasteiger charge is 2.28. The Morgan fingerprint density at radius 3 is 3.00 bits per heavy atom. The highest BCUT2D eigenvalue weighted by molar-refractivity contribution is 7.99. The average Bonchev–Trinajstić information content (AvgIpc) is 3.15. The largest absolute Gasteiger partial charge is 0.485 e.